The molecule has 1 atom stereocenters. The van der Waals surface area contributed by atoms with Crippen molar-refractivity contribution < 1.29 is 18.0 Å². The van der Waals surface area contributed by atoms with Crippen molar-refractivity contribution in [2.45, 2.75) is 45.7 Å². The predicted molar refractivity (Wildman–Crippen MR) is 128 cm³/mol. The van der Waals surface area contributed by atoms with Gasteiger partial charge in [0.25, 0.3) is 0 Å². The third-order valence-electron chi connectivity index (χ3n) is 5.33. The predicted octanol–water partition coefficient (Wildman–Crippen LogP) is 3.13. The smallest absolute Gasteiger partial charge is 0.244 e. The monoisotopic (exact) mass is 459 g/mol. The van der Waals surface area contributed by atoms with Gasteiger partial charge in [-0.05, 0) is 29.5 Å². The van der Waals surface area contributed by atoms with Gasteiger partial charge in [0.2, 0.25) is 21.8 Å². The highest BCUT2D eigenvalue weighted by atomic mass is 32.2. The molecule has 0 saturated heterocycles. The Morgan fingerprint density at radius 3 is 2.12 bits per heavy atom. The molecule has 0 aliphatic carbocycles. The van der Waals surface area contributed by atoms with Crippen molar-refractivity contribution in [3.63, 3.8) is 0 Å². The summed E-state index contributed by atoms with van der Waals surface area (Å²) in [7, 11) is -2.22. The van der Waals surface area contributed by atoms with E-state index in [-0.39, 0.29) is 24.9 Å². The highest BCUT2D eigenvalue weighted by Gasteiger charge is 2.32. The molecule has 32 heavy (non-hydrogen) atoms. The lowest BCUT2D eigenvalue weighted by atomic mass is 10.0. The van der Waals surface area contributed by atoms with E-state index in [9.17, 15) is 18.0 Å². The van der Waals surface area contributed by atoms with Crippen molar-refractivity contribution in [2.75, 3.05) is 24.2 Å². The van der Waals surface area contributed by atoms with Crippen LogP contribution in [0.15, 0.2) is 54.6 Å². The first kappa shape index (κ1) is 25.4. The number of anilines is 1. The summed E-state index contributed by atoms with van der Waals surface area (Å²) >= 11 is 0. The van der Waals surface area contributed by atoms with Crippen LogP contribution in [0.4, 0.5) is 5.69 Å². The van der Waals surface area contributed by atoms with E-state index in [0.717, 1.165) is 21.7 Å². The van der Waals surface area contributed by atoms with Crippen molar-refractivity contribution in [1.82, 2.24) is 10.2 Å². The number of rotatable bonds is 10. The number of carbonyl (C=O) groups is 2. The zero-order valence-corrected chi connectivity index (χ0v) is 20.2. The van der Waals surface area contributed by atoms with Crippen LogP contribution in [-0.4, -0.2) is 51.0 Å². The van der Waals surface area contributed by atoms with Crippen LogP contribution in [0.3, 0.4) is 0 Å². The molecule has 0 bridgehead atoms. The Bertz CT molecular complexity index is 1020. The van der Waals surface area contributed by atoms with Gasteiger partial charge in [0.05, 0.1) is 11.9 Å². The first-order valence-electron chi connectivity index (χ1n) is 10.7. The van der Waals surface area contributed by atoms with E-state index in [2.05, 4.69) is 5.32 Å². The molecule has 0 aromatic heterocycles. The molecule has 2 amide bonds. The van der Waals surface area contributed by atoms with Gasteiger partial charge in [0, 0.05) is 13.6 Å². The van der Waals surface area contributed by atoms with E-state index in [1.165, 1.54) is 11.9 Å². The normalized spacial score (nSPS) is 12.3. The summed E-state index contributed by atoms with van der Waals surface area (Å²) in [4.78, 5) is 27.5. The van der Waals surface area contributed by atoms with Gasteiger partial charge in [-0.3, -0.25) is 13.9 Å². The first-order valence-corrected chi connectivity index (χ1v) is 12.6. The average molecular weight is 460 g/mol. The van der Waals surface area contributed by atoms with Crippen molar-refractivity contribution in [3.8, 4) is 0 Å². The summed E-state index contributed by atoms with van der Waals surface area (Å²) in [5, 5.41) is 2.61. The number of para-hydroxylation sites is 1. The van der Waals surface area contributed by atoms with Gasteiger partial charge in [-0.2, -0.15) is 0 Å². The zero-order valence-electron chi connectivity index (χ0n) is 19.4. The molecule has 0 saturated carbocycles. The van der Waals surface area contributed by atoms with E-state index in [4.69, 9.17) is 0 Å². The van der Waals surface area contributed by atoms with Crippen molar-refractivity contribution in [2.24, 2.45) is 0 Å². The summed E-state index contributed by atoms with van der Waals surface area (Å²) in [5.41, 5.74) is 2.17. The average Bonchev–Trinajstić information content (AvgIpc) is 2.76. The fraction of sp³-hybridized carbons (Fsp3) is 0.417. The Morgan fingerprint density at radius 2 is 1.59 bits per heavy atom. The maximum absolute atomic E-state index is 13.5. The lowest BCUT2D eigenvalue weighted by Gasteiger charge is -2.33. The van der Waals surface area contributed by atoms with Crippen LogP contribution in [0.1, 0.15) is 44.2 Å². The van der Waals surface area contributed by atoms with Crippen LogP contribution in [0.25, 0.3) is 0 Å². The second-order valence-corrected chi connectivity index (χ2v) is 9.94. The van der Waals surface area contributed by atoms with Crippen LogP contribution < -0.4 is 9.62 Å². The Hall–Kier alpha value is -2.87. The third kappa shape index (κ3) is 6.32. The fourth-order valence-electron chi connectivity index (χ4n) is 3.66. The minimum absolute atomic E-state index is 0.0697. The van der Waals surface area contributed by atoms with E-state index < -0.39 is 22.0 Å². The Balaban J connectivity index is 2.47. The molecule has 8 heteroatoms. The summed E-state index contributed by atoms with van der Waals surface area (Å²) in [6.45, 7) is 5.59. The van der Waals surface area contributed by atoms with Gasteiger partial charge < -0.3 is 10.2 Å². The maximum atomic E-state index is 13.5. The molecule has 2 rings (SSSR count). The summed E-state index contributed by atoms with van der Waals surface area (Å²) in [6, 6.07) is 15.8. The summed E-state index contributed by atoms with van der Waals surface area (Å²) < 4.78 is 26.6. The third-order valence-corrected chi connectivity index (χ3v) is 6.46. The van der Waals surface area contributed by atoms with Crippen LogP contribution in [-0.2, 0) is 26.2 Å². The van der Waals surface area contributed by atoms with Gasteiger partial charge in [-0.15, -0.1) is 0 Å². The van der Waals surface area contributed by atoms with Gasteiger partial charge in [-0.1, -0.05) is 69.3 Å². The van der Waals surface area contributed by atoms with Gasteiger partial charge in [0.15, 0.2) is 0 Å². The fourth-order valence-corrected chi connectivity index (χ4v) is 4.53. The lowest BCUT2D eigenvalue weighted by Crippen LogP contribution is -2.51. The molecule has 0 fully saturated rings. The topological polar surface area (TPSA) is 86.8 Å². The zero-order chi connectivity index (χ0) is 23.9. The molecule has 174 valence electrons. The first-order chi connectivity index (χ1) is 15.1. The van der Waals surface area contributed by atoms with Gasteiger partial charge >= 0.3 is 0 Å². The Kier molecular flexibility index (Phi) is 8.83. The molecule has 2 aromatic carbocycles. The standard InChI is InChI=1S/C24H33N3O4S/c1-6-21(24(29)25-4)26(16-19-12-8-7-9-13-19)23(28)17-27(32(5,30)31)22-15-11-10-14-20(22)18(2)3/h7-15,18,21H,6,16-17H2,1-5H3,(H,25,29). The molecule has 0 aliphatic rings. The molecule has 1 N–H and O–H groups in total. The molecule has 7 nitrogen and oxygen atoms in total. The highest BCUT2D eigenvalue weighted by Crippen LogP contribution is 2.29. The molecular weight excluding hydrogens is 426 g/mol. The summed E-state index contributed by atoms with van der Waals surface area (Å²) in [6.07, 6.45) is 1.49. The Morgan fingerprint density at radius 1 is 1.00 bits per heavy atom. The SMILES string of the molecule is CCC(C(=O)NC)N(Cc1ccccc1)C(=O)CN(c1ccccc1C(C)C)S(C)(=O)=O. The number of carbonyl (C=O) groups excluding carboxylic acids is 2. The molecular formula is C24H33N3O4S. The number of nitrogens with zero attached hydrogens (tertiary/aromatic N) is 2. The van der Waals surface area contributed by atoms with Gasteiger partial charge in [0.1, 0.15) is 12.6 Å². The molecule has 0 aliphatic heterocycles. The number of sulfonamides is 1. The number of benzene rings is 2. The molecule has 0 radical (unpaired) electrons. The molecule has 0 spiro atoms. The molecule has 0 heterocycles. The van der Waals surface area contributed by atoms with E-state index >= 15 is 0 Å². The van der Waals surface area contributed by atoms with Crippen molar-refractivity contribution >= 4 is 27.5 Å². The van der Waals surface area contributed by atoms with Crippen LogP contribution in [0, 0.1) is 0 Å². The lowest BCUT2D eigenvalue weighted by molar-refractivity contribution is -0.140. The van der Waals surface area contributed by atoms with E-state index in [0.29, 0.717) is 12.1 Å². The van der Waals surface area contributed by atoms with Crippen LogP contribution in [0.2, 0.25) is 0 Å². The van der Waals surface area contributed by atoms with Gasteiger partial charge in [-0.25, -0.2) is 8.42 Å². The highest BCUT2D eigenvalue weighted by molar-refractivity contribution is 7.92. The molecule has 1 unspecified atom stereocenters. The Labute approximate surface area is 191 Å². The van der Waals surface area contributed by atoms with Crippen molar-refractivity contribution in [3.05, 3.63) is 65.7 Å². The second kappa shape index (κ2) is 11.1. The minimum atomic E-state index is -3.75. The van der Waals surface area contributed by atoms with Crippen molar-refractivity contribution in [1.29, 1.82) is 0 Å². The molecule has 2 aromatic rings. The number of likely N-dealkylation sites (N-methyl/N-ethyl adjacent to an activating group) is 1. The number of nitrogens with one attached hydrogen (secondary N) is 1. The quantitative estimate of drug-likeness (QED) is 0.591. The maximum Gasteiger partial charge on any atom is 0.244 e. The van der Waals surface area contributed by atoms with Crippen LogP contribution in [0.5, 0.6) is 0 Å². The second-order valence-electron chi connectivity index (χ2n) is 8.03. The number of hydrogen-bond donors (Lipinski definition) is 1. The number of hydrogen-bond acceptors (Lipinski definition) is 4. The number of amides is 2. The summed E-state index contributed by atoms with van der Waals surface area (Å²) in [5.74, 6) is -0.654. The largest absolute Gasteiger partial charge is 0.357 e. The van der Waals surface area contributed by atoms with E-state index in [1.807, 2.05) is 63.2 Å². The minimum Gasteiger partial charge on any atom is -0.357 e. The van der Waals surface area contributed by atoms with Crippen LogP contribution >= 0.6 is 0 Å². The van der Waals surface area contributed by atoms with E-state index in [1.54, 1.807) is 12.1 Å².